The standard InChI is InChI=1S/C29H32N4O3/c1-33(2)26-15-14-25(31-32-26)23-12-9-22(10-13-23)20-29(17-4-3-5-18-29)28(36)30-24-8-6-7-21(19-24)11-16-27(34)35/h6-16,19H,3-5,17-18,20H2,1-2H3,(H,30,36)(H,34,35)/b16-11+. The molecule has 0 atom stereocenters. The molecule has 2 aromatic carbocycles. The lowest BCUT2D eigenvalue weighted by Crippen LogP contribution is -2.40. The van der Waals surface area contributed by atoms with Crippen LogP contribution in [0.15, 0.2) is 66.7 Å². The van der Waals surface area contributed by atoms with Crippen LogP contribution < -0.4 is 10.2 Å². The summed E-state index contributed by atoms with van der Waals surface area (Å²) in [6.45, 7) is 0. The summed E-state index contributed by atoms with van der Waals surface area (Å²) in [5, 5.41) is 20.6. The summed E-state index contributed by atoms with van der Waals surface area (Å²) in [4.78, 5) is 26.3. The van der Waals surface area contributed by atoms with Gasteiger partial charge in [0.1, 0.15) is 0 Å². The van der Waals surface area contributed by atoms with Crippen molar-refractivity contribution in [2.75, 3.05) is 24.3 Å². The first-order valence-electron chi connectivity index (χ1n) is 12.3. The van der Waals surface area contributed by atoms with Crippen molar-refractivity contribution in [1.82, 2.24) is 10.2 Å². The second kappa shape index (κ2) is 11.2. The number of nitrogens with zero attached hydrogens (tertiary/aromatic N) is 3. The summed E-state index contributed by atoms with van der Waals surface area (Å²) in [5.41, 5.74) is 3.85. The van der Waals surface area contributed by atoms with Gasteiger partial charge in [-0.15, -0.1) is 10.2 Å². The van der Waals surface area contributed by atoms with Crippen molar-refractivity contribution in [1.29, 1.82) is 0 Å². The Hall–Kier alpha value is -4.00. The maximum Gasteiger partial charge on any atom is 0.328 e. The van der Waals surface area contributed by atoms with Crippen molar-refractivity contribution < 1.29 is 14.7 Å². The number of rotatable bonds is 8. The highest BCUT2D eigenvalue weighted by molar-refractivity contribution is 5.96. The molecule has 1 aliphatic carbocycles. The van der Waals surface area contributed by atoms with Crippen LogP contribution in [0.1, 0.15) is 43.2 Å². The van der Waals surface area contributed by atoms with Crippen LogP contribution in [0.25, 0.3) is 17.3 Å². The Labute approximate surface area is 211 Å². The van der Waals surface area contributed by atoms with E-state index in [9.17, 15) is 9.59 Å². The monoisotopic (exact) mass is 484 g/mol. The van der Waals surface area contributed by atoms with Crippen molar-refractivity contribution in [2.45, 2.75) is 38.5 Å². The fourth-order valence-corrected chi connectivity index (χ4v) is 4.77. The van der Waals surface area contributed by atoms with E-state index in [-0.39, 0.29) is 5.91 Å². The first-order valence-corrected chi connectivity index (χ1v) is 12.3. The predicted molar refractivity (Wildman–Crippen MR) is 143 cm³/mol. The molecule has 1 aromatic heterocycles. The lowest BCUT2D eigenvalue weighted by molar-refractivity contribution is -0.131. The molecule has 36 heavy (non-hydrogen) atoms. The number of carboxylic acid groups (broad SMARTS) is 1. The summed E-state index contributed by atoms with van der Waals surface area (Å²) >= 11 is 0. The molecular formula is C29H32N4O3. The van der Waals surface area contributed by atoms with Gasteiger partial charge >= 0.3 is 5.97 Å². The van der Waals surface area contributed by atoms with E-state index in [1.54, 1.807) is 6.07 Å². The average molecular weight is 485 g/mol. The summed E-state index contributed by atoms with van der Waals surface area (Å²) in [6.07, 6.45) is 8.17. The van der Waals surface area contributed by atoms with E-state index < -0.39 is 11.4 Å². The van der Waals surface area contributed by atoms with Crippen molar-refractivity contribution in [3.05, 3.63) is 77.9 Å². The third-order valence-corrected chi connectivity index (χ3v) is 6.76. The zero-order valence-corrected chi connectivity index (χ0v) is 20.8. The fourth-order valence-electron chi connectivity index (χ4n) is 4.77. The predicted octanol–water partition coefficient (Wildman–Crippen LogP) is 5.44. The largest absolute Gasteiger partial charge is 0.478 e. The van der Waals surface area contributed by atoms with E-state index in [4.69, 9.17) is 5.11 Å². The number of aromatic nitrogens is 2. The molecule has 2 N–H and O–H groups in total. The molecule has 0 spiro atoms. The minimum absolute atomic E-state index is 0.0239. The second-order valence-electron chi connectivity index (χ2n) is 9.64. The van der Waals surface area contributed by atoms with Crippen molar-refractivity contribution in [3.63, 3.8) is 0 Å². The first-order chi connectivity index (χ1) is 17.3. The summed E-state index contributed by atoms with van der Waals surface area (Å²) < 4.78 is 0. The number of amides is 1. The van der Waals surface area contributed by atoms with Gasteiger partial charge in [0.2, 0.25) is 5.91 Å². The van der Waals surface area contributed by atoms with Gasteiger partial charge in [-0.2, -0.15) is 0 Å². The summed E-state index contributed by atoms with van der Waals surface area (Å²) in [5.74, 6) is -0.172. The Kier molecular flexibility index (Phi) is 7.78. The maximum absolute atomic E-state index is 13.6. The van der Waals surface area contributed by atoms with Gasteiger partial charge in [0.05, 0.1) is 11.1 Å². The van der Waals surface area contributed by atoms with E-state index >= 15 is 0 Å². The molecule has 0 bridgehead atoms. The van der Waals surface area contributed by atoms with Gasteiger partial charge in [0.25, 0.3) is 0 Å². The van der Waals surface area contributed by atoms with E-state index in [1.807, 2.05) is 61.5 Å². The first kappa shape index (κ1) is 25.1. The normalized spacial score (nSPS) is 14.9. The maximum atomic E-state index is 13.6. The lowest BCUT2D eigenvalue weighted by Gasteiger charge is -2.36. The Morgan fingerprint density at radius 2 is 1.75 bits per heavy atom. The molecule has 7 nitrogen and oxygen atoms in total. The number of carboxylic acids is 1. The zero-order valence-electron chi connectivity index (χ0n) is 20.8. The van der Waals surface area contributed by atoms with Crippen molar-refractivity contribution in [3.8, 4) is 11.3 Å². The van der Waals surface area contributed by atoms with Gasteiger partial charge in [0.15, 0.2) is 5.82 Å². The molecule has 0 saturated heterocycles. The minimum atomic E-state index is -1.01. The lowest BCUT2D eigenvalue weighted by atomic mass is 9.69. The van der Waals surface area contributed by atoms with Crippen LogP contribution >= 0.6 is 0 Å². The highest BCUT2D eigenvalue weighted by Gasteiger charge is 2.39. The average Bonchev–Trinajstić information content (AvgIpc) is 2.89. The van der Waals surface area contributed by atoms with Gasteiger partial charge in [-0.1, -0.05) is 55.7 Å². The van der Waals surface area contributed by atoms with Crippen LogP contribution in [0.3, 0.4) is 0 Å². The number of benzene rings is 2. The number of hydrogen-bond acceptors (Lipinski definition) is 5. The second-order valence-corrected chi connectivity index (χ2v) is 9.64. The third kappa shape index (κ3) is 6.16. The summed E-state index contributed by atoms with van der Waals surface area (Å²) in [7, 11) is 3.87. The van der Waals surface area contributed by atoms with Gasteiger partial charge in [0, 0.05) is 31.4 Å². The molecule has 7 heteroatoms. The van der Waals surface area contributed by atoms with E-state index in [0.717, 1.165) is 66.4 Å². The smallest absolute Gasteiger partial charge is 0.328 e. The highest BCUT2D eigenvalue weighted by Crippen LogP contribution is 2.40. The van der Waals surface area contributed by atoms with Crippen LogP contribution in [0.2, 0.25) is 0 Å². The van der Waals surface area contributed by atoms with E-state index in [2.05, 4.69) is 27.6 Å². The van der Waals surface area contributed by atoms with E-state index in [0.29, 0.717) is 12.1 Å². The molecule has 1 fully saturated rings. The molecule has 0 aliphatic heterocycles. The van der Waals surface area contributed by atoms with Gasteiger partial charge in [-0.25, -0.2) is 4.79 Å². The van der Waals surface area contributed by atoms with Gasteiger partial charge < -0.3 is 15.3 Å². The molecule has 3 aromatic rings. The van der Waals surface area contributed by atoms with Crippen LogP contribution in [-0.4, -0.2) is 41.3 Å². The summed E-state index contributed by atoms with van der Waals surface area (Å²) in [6, 6.07) is 19.4. The van der Waals surface area contributed by atoms with E-state index in [1.165, 1.54) is 6.08 Å². The van der Waals surface area contributed by atoms with Crippen LogP contribution in [0.4, 0.5) is 11.5 Å². The molecule has 4 rings (SSSR count). The third-order valence-electron chi connectivity index (χ3n) is 6.76. The molecule has 0 radical (unpaired) electrons. The molecule has 0 unspecified atom stereocenters. The number of aliphatic carboxylic acids is 1. The Bertz CT molecular complexity index is 1230. The Balaban J connectivity index is 1.50. The van der Waals surface area contributed by atoms with Gasteiger partial charge in [-0.3, -0.25) is 4.79 Å². The van der Waals surface area contributed by atoms with Crippen LogP contribution in [0, 0.1) is 5.41 Å². The van der Waals surface area contributed by atoms with Crippen LogP contribution in [-0.2, 0) is 16.0 Å². The molecule has 1 amide bonds. The molecule has 1 heterocycles. The quantitative estimate of drug-likeness (QED) is 0.414. The van der Waals surface area contributed by atoms with Crippen molar-refractivity contribution >= 4 is 29.5 Å². The Morgan fingerprint density at radius 3 is 2.39 bits per heavy atom. The molecule has 186 valence electrons. The number of hydrogen-bond donors (Lipinski definition) is 2. The molecular weight excluding hydrogens is 452 g/mol. The van der Waals surface area contributed by atoms with Crippen molar-refractivity contribution in [2.24, 2.45) is 5.41 Å². The number of nitrogens with one attached hydrogen (secondary N) is 1. The number of carbonyl (C=O) groups excluding carboxylic acids is 1. The zero-order chi connectivity index (χ0) is 25.5. The Morgan fingerprint density at radius 1 is 1.00 bits per heavy atom. The highest BCUT2D eigenvalue weighted by atomic mass is 16.4. The molecule has 1 saturated carbocycles. The number of carbonyl (C=O) groups is 2. The van der Waals surface area contributed by atoms with Crippen LogP contribution in [0.5, 0.6) is 0 Å². The topological polar surface area (TPSA) is 95.4 Å². The molecule has 1 aliphatic rings. The SMILES string of the molecule is CN(C)c1ccc(-c2ccc(CC3(C(=O)Nc4cccc(/C=C/C(=O)O)c4)CCCCC3)cc2)nn1. The minimum Gasteiger partial charge on any atom is -0.478 e. The van der Waals surface area contributed by atoms with Gasteiger partial charge in [-0.05, 0) is 60.7 Å². The fraction of sp³-hybridized carbons (Fsp3) is 0.310. The number of anilines is 2.